The molecular formula is C13H30N2O2. The highest BCUT2D eigenvalue weighted by molar-refractivity contribution is 4.84. The standard InChI is InChI=1S/C13H30N2O2/c1-12(2)14-13(3,11-16)7-9-15(4)8-6-10-17-5/h12,14,16H,6-11H2,1-5H3. The van der Waals surface area contributed by atoms with Crippen LogP contribution < -0.4 is 5.32 Å². The normalized spacial score (nSPS) is 15.5. The summed E-state index contributed by atoms with van der Waals surface area (Å²) in [7, 11) is 3.85. The lowest BCUT2D eigenvalue weighted by molar-refractivity contribution is 0.138. The van der Waals surface area contributed by atoms with Gasteiger partial charge in [-0.05, 0) is 33.4 Å². The minimum atomic E-state index is -0.177. The van der Waals surface area contributed by atoms with Gasteiger partial charge in [0.1, 0.15) is 0 Å². The van der Waals surface area contributed by atoms with Gasteiger partial charge in [-0.2, -0.15) is 0 Å². The third-order valence-electron chi connectivity index (χ3n) is 2.92. The van der Waals surface area contributed by atoms with Crippen LogP contribution in [0.1, 0.15) is 33.6 Å². The summed E-state index contributed by atoms with van der Waals surface area (Å²) in [6.45, 7) is 9.31. The van der Waals surface area contributed by atoms with Crippen LogP contribution in [0.3, 0.4) is 0 Å². The van der Waals surface area contributed by atoms with Crippen LogP contribution in [-0.2, 0) is 4.74 Å². The van der Waals surface area contributed by atoms with Crippen molar-refractivity contribution < 1.29 is 9.84 Å². The average Bonchev–Trinajstić information content (AvgIpc) is 2.26. The maximum atomic E-state index is 9.46. The van der Waals surface area contributed by atoms with Crippen molar-refractivity contribution in [2.24, 2.45) is 0 Å². The smallest absolute Gasteiger partial charge is 0.0611 e. The Kier molecular flexibility index (Phi) is 8.78. The van der Waals surface area contributed by atoms with E-state index in [4.69, 9.17) is 4.74 Å². The zero-order valence-electron chi connectivity index (χ0n) is 12.1. The molecular weight excluding hydrogens is 216 g/mol. The van der Waals surface area contributed by atoms with Gasteiger partial charge in [0.15, 0.2) is 0 Å². The van der Waals surface area contributed by atoms with E-state index in [9.17, 15) is 5.11 Å². The molecule has 0 aliphatic carbocycles. The molecule has 0 heterocycles. The maximum Gasteiger partial charge on any atom is 0.0611 e. The Morgan fingerprint density at radius 1 is 1.35 bits per heavy atom. The van der Waals surface area contributed by atoms with E-state index in [0.717, 1.165) is 32.5 Å². The molecule has 0 bridgehead atoms. The molecule has 17 heavy (non-hydrogen) atoms. The third kappa shape index (κ3) is 8.55. The van der Waals surface area contributed by atoms with Crippen molar-refractivity contribution in [2.75, 3.05) is 40.5 Å². The number of aliphatic hydroxyl groups is 1. The molecule has 0 aliphatic rings. The van der Waals surface area contributed by atoms with Crippen molar-refractivity contribution in [1.82, 2.24) is 10.2 Å². The fraction of sp³-hybridized carbons (Fsp3) is 1.00. The summed E-state index contributed by atoms with van der Waals surface area (Å²) >= 11 is 0. The number of nitrogens with one attached hydrogen (secondary N) is 1. The first-order valence-corrected chi connectivity index (χ1v) is 6.49. The van der Waals surface area contributed by atoms with E-state index in [-0.39, 0.29) is 12.1 Å². The summed E-state index contributed by atoms with van der Waals surface area (Å²) in [5.74, 6) is 0. The molecule has 0 radical (unpaired) electrons. The lowest BCUT2D eigenvalue weighted by Gasteiger charge is -2.32. The van der Waals surface area contributed by atoms with Crippen LogP contribution in [0.25, 0.3) is 0 Å². The van der Waals surface area contributed by atoms with Crippen molar-refractivity contribution in [2.45, 2.75) is 45.2 Å². The van der Waals surface area contributed by atoms with Gasteiger partial charge in [-0.25, -0.2) is 0 Å². The van der Waals surface area contributed by atoms with Gasteiger partial charge in [-0.15, -0.1) is 0 Å². The van der Waals surface area contributed by atoms with Crippen molar-refractivity contribution in [1.29, 1.82) is 0 Å². The number of methoxy groups -OCH3 is 1. The summed E-state index contributed by atoms with van der Waals surface area (Å²) in [4.78, 5) is 2.29. The molecule has 0 aromatic heterocycles. The zero-order valence-corrected chi connectivity index (χ0v) is 12.1. The maximum absolute atomic E-state index is 9.46. The van der Waals surface area contributed by atoms with E-state index in [2.05, 4.69) is 38.0 Å². The molecule has 0 aliphatic heterocycles. The first-order valence-electron chi connectivity index (χ1n) is 6.49. The Hall–Kier alpha value is -0.160. The van der Waals surface area contributed by atoms with Gasteiger partial charge >= 0.3 is 0 Å². The second-order valence-corrected chi connectivity index (χ2v) is 5.42. The number of aliphatic hydroxyl groups excluding tert-OH is 1. The molecule has 0 spiro atoms. The zero-order chi connectivity index (χ0) is 13.3. The van der Waals surface area contributed by atoms with Crippen LogP contribution in [0.15, 0.2) is 0 Å². The summed E-state index contributed by atoms with van der Waals surface area (Å²) < 4.78 is 5.03. The van der Waals surface area contributed by atoms with Crippen molar-refractivity contribution in [3.05, 3.63) is 0 Å². The fourth-order valence-corrected chi connectivity index (χ4v) is 1.92. The monoisotopic (exact) mass is 246 g/mol. The quantitative estimate of drug-likeness (QED) is 0.567. The molecule has 104 valence electrons. The molecule has 0 saturated heterocycles. The van der Waals surface area contributed by atoms with Crippen LogP contribution >= 0.6 is 0 Å². The second-order valence-electron chi connectivity index (χ2n) is 5.42. The Labute approximate surface area is 106 Å². The number of hydrogen-bond acceptors (Lipinski definition) is 4. The predicted octanol–water partition coefficient (Wildman–Crippen LogP) is 1.09. The first-order chi connectivity index (χ1) is 7.93. The summed E-state index contributed by atoms with van der Waals surface area (Å²) in [6, 6.07) is 0.394. The summed E-state index contributed by atoms with van der Waals surface area (Å²) in [5, 5.41) is 12.9. The van der Waals surface area contributed by atoms with E-state index in [1.165, 1.54) is 0 Å². The Balaban J connectivity index is 3.88. The second kappa shape index (κ2) is 8.86. The van der Waals surface area contributed by atoms with E-state index in [1.807, 2.05) is 0 Å². The van der Waals surface area contributed by atoms with Crippen LogP contribution in [0.5, 0.6) is 0 Å². The predicted molar refractivity (Wildman–Crippen MR) is 72.4 cm³/mol. The van der Waals surface area contributed by atoms with E-state index < -0.39 is 0 Å². The largest absolute Gasteiger partial charge is 0.394 e. The van der Waals surface area contributed by atoms with Crippen molar-refractivity contribution in [3.63, 3.8) is 0 Å². The minimum Gasteiger partial charge on any atom is -0.394 e. The fourth-order valence-electron chi connectivity index (χ4n) is 1.92. The molecule has 1 unspecified atom stereocenters. The lowest BCUT2D eigenvalue weighted by Crippen LogP contribution is -2.50. The molecule has 0 fully saturated rings. The number of nitrogens with zero attached hydrogens (tertiary/aromatic N) is 1. The third-order valence-corrected chi connectivity index (χ3v) is 2.92. The van der Waals surface area contributed by atoms with Crippen molar-refractivity contribution in [3.8, 4) is 0 Å². The first kappa shape index (κ1) is 16.8. The van der Waals surface area contributed by atoms with E-state index >= 15 is 0 Å². The van der Waals surface area contributed by atoms with Gasteiger partial charge in [0, 0.05) is 31.8 Å². The van der Waals surface area contributed by atoms with Crippen molar-refractivity contribution >= 4 is 0 Å². The highest BCUT2D eigenvalue weighted by atomic mass is 16.5. The molecule has 0 saturated carbocycles. The van der Waals surface area contributed by atoms with Crippen LogP contribution in [0.2, 0.25) is 0 Å². The van der Waals surface area contributed by atoms with Crippen LogP contribution in [-0.4, -0.2) is 62.0 Å². The van der Waals surface area contributed by atoms with Gasteiger partial charge in [-0.3, -0.25) is 0 Å². The molecule has 4 heteroatoms. The number of ether oxygens (including phenoxy) is 1. The highest BCUT2D eigenvalue weighted by Gasteiger charge is 2.23. The lowest BCUT2D eigenvalue weighted by atomic mass is 9.97. The van der Waals surface area contributed by atoms with Gasteiger partial charge in [0.25, 0.3) is 0 Å². The minimum absolute atomic E-state index is 0.177. The average molecular weight is 246 g/mol. The van der Waals surface area contributed by atoms with E-state index in [1.54, 1.807) is 7.11 Å². The Bertz CT molecular complexity index is 188. The SMILES string of the molecule is COCCCN(C)CCC(C)(CO)NC(C)C. The van der Waals surface area contributed by atoms with Gasteiger partial charge in [-0.1, -0.05) is 13.8 Å². The Morgan fingerprint density at radius 2 is 2.00 bits per heavy atom. The topological polar surface area (TPSA) is 44.7 Å². The molecule has 0 amide bonds. The van der Waals surface area contributed by atoms with Crippen LogP contribution in [0.4, 0.5) is 0 Å². The van der Waals surface area contributed by atoms with Gasteiger partial charge in [0.2, 0.25) is 0 Å². The van der Waals surface area contributed by atoms with Gasteiger partial charge in [0.05, 0.1) is 6.61 Å². The number of rotatable bonds is 10. The molecule has 0 rings (SSSR count). The molecule has 2 N–H and O–H groups in total. The molecule has 1 atom stereocenters. The summed E-state index contributed by atoms with van der Waals surface area (Å²) in [6.07, 6.45) is 2.01. The number of hydrogen-bond donors (Lipinski definition) is 2. The van der Waals surface area contributed by atoms with Crippen LogP contribution in [0, 0.1) is 0 Å². The Morgan fingerprint density at radius 3 is 2.47 bits per heavy atom. The highest BCUT2D eigenvalue weighted by Crippen LogP contribution is 2.10. The summed E-state index contributed by atoms with van der Waals surface area (Å²) in [5.41, 5.74) is -0.177. The molecule has 0 aromatic rings. The molecule has 0 aromatic carbocycles. The molecule has 4 nitrogen and oxygen atoms in total. The van der Waals surface area contributed by atoms with E-state index in [0.29, 0.717) is 6.04 Å². The van der Waals surface area contributed by atoms with Gasteiger partial charge < -0.3 is 20.1 Å².